The molecular weight excluding hydrogens is 446 g/mol. The van der Waals surface area contributed by atoms with Crippen molar-refractivity contribution in [2.45, 2.75) is 37.8 Å². The Bertz CT molecular complexity index is 1360. The van der Waals surface area contributed by atoms with E-state index in [4.69, 9.17) is 4.98 Å². The van der Waals surface area contributed by atoms with Crippen molar-refractivity contribution in [3.63, 3.8) is 0 Å². The number of fused-ring (bicyclic) bond motifs is 1. The number of benzene rings is 2. The van der Waals surface area contributed by atoms with Crippen LogP contribution in [-0.2, 0) is 14.4 Å². The number of aromatic nitrogens is 3. The van der Waals surface area contributed by atoms with E-state index in [1.807, 2.05) is 18.5 Å². The van der Waals surface area contributed by atoms with Crippen molar-refractivity contribution >= 4 is 21.5 Å². The molecule has 176 valence electrons. The summed E-state index contributed by atoms with van der Waals surface area (Å²) in [5.41, 5.74) is 5.65. The summed E-state index contributed by atoms with van der Waals surface area (Å²) in [4.78, 5) is 7.59. The second kappa shape index (κ2) is 8.94. The molecule has 0 amide bonds. The predicted molar refractivity (Wildman–Crippen MR) is 138 cm³/mol. The molecule has 3 atom stereocenters. The summed E-state index contributed by atoms with van der Waals surface area (Å²) in [6, 6.07) is 16.7. The van der Waals surface area contributed by atoms with E-state index in [9.17, 15) is 8.76 Å². The van der Waals surface area contributed by atoms with E-state index >= 15 is 0 Å². The molecule has 1 saturated heterocycles. The van der Waals surface area contributed by atoms with Gasteiger partial charge in [0.05, 0.1) is 6.20 Å². The molecule has 2 aromatic carbocycles. The van der Waals surface area contributed by atoms with Gasteiger partial charge in [0.2, 0.25) is 10.2 Å². The molecule has 2 N–H and O–H groups in total. The zero-order valence-electron chi connectivity index (χ0n) is 19.7. The topological polar surface area (TPSA) is 82.8 Å². The van der Waals surface area contributed by atoms with Crippen molar-refractivity contribution < 1.29 is 8.76 Å². The molecule has 34 heavy (non-hydrogen) atoms. The van der Waals surface area contributed by atoms with Crippen molar-refractivity contribution in [3.05, 3.63) is 67.1 Å². The SMILES string of the molecule is CC[S+](=O)(O)c1cccc(-c2cnn3cc(-c4ccc(N5[C@H](C)CNC[C@@H]5C)cc4)cnc23)c1. The molecule has 0 spiro atoms. The van der Waals surface area contributed by atoms with Crippen LogP contribution in [0.4, 0.5) is 5.69 Å². The van der Waals surface area contributed by atoms with Gasteiger partial charge in [0.25, 0.3) is 0 Å². The smallest absolute Gasteiger partial charge is 0.247 e. The lowest BCUT2D eigenvalue weighted by Gasteiger charge is -2.41. The van der Waals surface area contributed by atoms with Crippen LogP contribution in [0.3, 0.4) is 0 Å². The summed E-state index contributed by atoms with van der Waals surface area (Å²) in [7, 11) is -3.03. The minimum atomic E-state index is -3.03. The highest BCUT2D eigenvalue weighted by Gasteiger charge is 2.27. The van der Waals surface area contributed by atoms with E-state index < -0.39 is 10.2 Å². The molecule has 1 fully saturated rings. The first kappa shape index (κ1) is 22.7. The van der Waals surface area contributed by atoms with Crippen LogP contribution >= 0.6 is 0 Å². The Labute approximate surface area is 201 Å². The lowest BCUT2D eigenvalue weighted by atomic mass is 10.0. The van der Waals surface area contributed by atoms with Crippen LogP contribution < -0.4 is 10.2 Å². The van der Waals surface area contributed by atoms with Gasteiger partial charge < -0.3 is 10.2 Å². The third kappa shape index (κ3) is 4.13. The van der Waals surface area contributed by atoms with Gasteiger partial charge in [-0.1, -0.05) is 28.5 Å². The summed E-state index contributed by atoms with van der Waals surface area (Å²) >= 11 is 0. The van der Waals surface area contributed by atoms with Gasteiger partial charge in [0.15, 0.2) is 10.5 Å². The number of anilines is 1. The van der Waals surface area contributed by atoms with Crippen molar-refractivity contribution in [1.29, 1.82) is 0 Å². The maximum Gasteiger partial charge on any atom is 0.247 e. The van der Waals surface area contributed by atoms with E-state index in [2.05, 4.69) is 53.4 Å². The molecule has 1 aliphatic rings. The standard InChI is InChI=1S/C26H29N5O2S/c1-4-34(32,33)24-7-5-6-21(12-24)25-16-29-30-17-22(15-28-26(25)30)20-8-10-23(11-9-20)31-18(2)13-27-14-19(31)3/h5-12,15-19,27H,4,13-14H2,1-3H3/p+1/t18-,19+. The third-order valence-corrected chi connectivity index (χ3v) is 8.36. The van der Waals surface area contributed by atoms with Crippen LogP contribution in [0.2, 0.25) is 0 Å². The van der Waals surface area contributed by atoms with Crippen LogP contribution in [-0.4, -0.2) is 50.1 Å². The van der Waals surface area contributed by atoms with Crippen LogP contribution in [0.25, 0.3) is 27.9 Å². The van der Waals surface area contributed by atoms with Gasteiger partial charge in [-0.3, -0.25) is 0 Å². The maximum atomic E-state index is 12.4. The lowest BCUT2D eigenvalue weighted by molar-refractivity contribution is 0.432. The normalized spacial score (nSPS) is 20.4. The molecular formula is C26H30N5O2S+. The monoisotopic (exact) mass is 476 g/mol. The molecule has 1 unspecified atom stereocenters. The van der Waals surface area contributed by atoms with Gasteiger partial charge in [0, 0.05) is 60.4 Å². The fourth-order valence-electron chi connectivity index (χ4n) is 4.72. The second-order valence-corrected chi connectivity index (χ2v) is 11.3. The van der Waals surface area contributed by atoms with Crippen LogP contribution in [0.5, 0.6) is 0 Å². The summed E-state index contributed by atoms with van der Waals surface area (Å²) in [6.45, 7) is 8.20. The van der Waals surface area contributed by atoms with Crippen molar-refractivity contribution in [3.8, 4) is 22.3 Å². The highest BCUT2D eigenvalue weighted by Crippen LogP contribution is 2.30. The predicted octanol–water partition coefficient (Wildman–Crippen LogP) is 4.60. The quantitative estimate of drug-likeness (QED) is 0.410. The van der Waals surface area contributed by atoms with Crippen LogP contribution in [0, 0.1) is 0 Å². The van der Waals surface area contributed by atoms with Crippen LogP contribution in [0.15, 0.2) is 72.0 Å². The Morgan fingerprint density at radius 2 is 1.76 bits per heavy atom. The molecule has 3 heterocycles. The number of piperazine rings is 1. The first-order valence-corrected chi connectivity index (χ1v) is 13.3. The minimum Gasteiger partial charge on any atom is -0.364 e. The zero-order valence-corrected chi connectivity index (χ0v) is 20.5. The Balaban J connectivity index is 1.44. The maximum absolute atomic E-state index is 12.4. The Morgan fingerprint density at radius 3 is 2.47 bits per heavy atom. The number of hydrogen-bond donors (Lipinski definition) is 2. The van der Waals surface area contributed by atoms with E-state index in [0.717, 1.165) is 35.3 Å². The molecule has 0 radical (unpaired) electrons. The Kier molecular flexibility index (Phi) is 5.97. The Morgan fingerprint density at radius 1 is 1.03 bits per heavy atom. The van der Waals surface area contributed by atoms with Gasteiger partial charge in [-0.2, -0.15) is 9.65 Å². The molecule has 0 bridgehead atoms. The molecule has 7 nitrogen and oxygen atoms in total. The van der Waals surface area contributed by atoms with Crippen molar-refractivity contribution in [1.82, 2.24) is 19.9 Å². The van der Waals surface area contributed by atoms with Gasteiger partial charge in [-0.15, -0.1) is 0 Å². The number of nitrogens with zero attached hydrogens (tertiary/aromatic N) is 4. The number of nitrogens with one attached hydrogen (secondary N) is 1. The summed E-state index contributed by atoms with van der Waals surface area (Å²) in [5, 5.41) is 7.99. The highest BCUT2D eigenvalue weighted by molar-refractivity contribution is 7.97. The molecule has 1 aliphatic heterocycles. The van der Waals surface area contributed by atoms with Gasteiger partial charge in [0.1, 0.15) is 5.75 Å². The number of hydrogen-bond acceptors (Lipinski definition) is 5. The highest BCUT2D eigenvalue weighted by atomic mass is 32.3. The fourth-order valence-corrected chi connectivity index (χ4v) is 5.66. The van der Waals surface area contributed by atoms with E-state index in [-0.39, 0.29) is 5.75 Å². The molecule has 0 saturated carbocycles. The average Bonchev–Trinajstić information content (AvgIpc) is 3.28. The summed E-state index contributed by atoms with van der Waals surface area (Å²) in [6.07, 6.45) is 5.59. The summed E-state index contributed by atoms with van der Waals surface area (Å²) < 4.78 is 24.4. The largest absolute Gasteiger partial charge is 0.364 e. The van der Waals surface area contributed by atoms with Gasteiger partial charge >= 0.3 is 0 Å². The van der Waals surface area contributed by atoms with E-state index in [1.165, 1.54) is 5.69 Å². The van der Waals surface area contributed by atoms with E-state index in [1.54, 1.807) is 35.8 Å². The third-order valence-electron chi connectivity index (χ3n) is 6.59. The average molecular weight is 477 g/mol. The molecule has 5 rings (SSSR count). The first-order chi connectivity index (χ1) is 16.4. The van der Waals surface area contributed by atoms with E-state index in [0.29, 0.717) is 22.6 Å². The minimum absolute atomic E-state index is 0.179. The van der Waals surface area contributed by atoms with Gasteiger partial charge in [-0.25, -0.2) is 9.50 Å². The Hall–Kier alpha value is -3.07. The molecule has 4 aromatic rings. The lowest BCUT2D eigenvalue weighted by Crippen LogP contribution is -2.55. The fraction of sp³-hybridized carbons (Fsp3) is 0.308. The zero-order chi connectivity index (χ0) is 23.9. The summed E-state index contributed by atoms with van der Waals surface area (Å²) in [5.74, 6) is 0.179. The number of rotatable bonds is 5. The molecule has 0 aliphatic carbocycles. The van der Waals surface area contributed by atoms with Crippen molar-refractivity contribution in [2.24, 2.45) is 0 Å². The molecule has 8 heteroatoms. The van der Waals surface area contributed by atoms with Crippen molar-refractivity contribution in [2.75, 3.05) is 23.7 Å². The molecule has 2 aromatic heterocycles. The van der Waals surface area contributed by atoms with Gasteiger partial charge in [-0.05, 0) is 50.1 Å². The first-order valence-electron chi connectivity index (χ1n) is 11.6. The van der Waals surface area contributed by atoms with Crippen LogP contribution in [0.1, 0.15) is 20.8 Å². The second-order valence-electron chi connectivity index (χ2n) is 8.94.